The van der Waals surface area contributed by atoms with Crippen molar-refractivity contribution in [3.63, 3.8) is 0 Å². The number of nitrogens with zero attached hydrogens (tertiary/aromatic N) is 1. The second kappa shape index (κ2) is 7.18. The van der Waals surface area contributed by atoms with Gasteiger partial charge in [-0.2, -0.15) is 0 Å². The Morgan fingerprint density at radius 3 is 2.39 bits per heavy atom. The minimum Gasteiger partial charge on any atom is -0.267 e. The van der Waals surface area contributed by atoms with Gasteiger partial charge in [-0.1, -0.05) is 12.1 Å². The number of benzene rings is 2. The number of carbonyl (C=O) groups is 2. The summed E-state index contributed by atoms with van der Waals surface area (Å²) in [5.74, 6) is -1.09. The molecule has 0 spiro atoms. The summed E-state index contributed by atoms with van der Waals surface area (Å²) in [5.41, 5.74) is 5.16. The molecule has 0 saturated carbocycles. The lowest BCUT2D eigenvalue weighted by Crippen LogP contribution is -2.41. The molecule has 0 aliphatic heterocycles. The van der Waals surface area contributed by atoms with Crippen molar-refractivity contribution in [1.82, 2.24) is 10.9 Å². The highest BCUT2D eigenvalue weighted by Gasteiger charge is 2.18. The van der Waals surface area contributed by atoms with Crippen molar-refractivity contribution in [2.45, 2.75) is 6.92 Å². The van der Waals surface area contributed by atoms with Crippen molar-refractivity contribution in [3.05, 3.63) is 72.8 Å². The Kier molecular flexibility index (Phi) is 5.27. The first kappa shape index (κ1) is 16.9. The molecule has 2 amide bonds. The van der Waals surface area contributed by atoms with Gasteiger partial charge in [-0.15, -0.1) is 0 Å². The van der Waals surface area contributed by atoms with Crippen LogP contribution in [0.1, 0.15) is 26.3 Å². The molecule has 0 heterocycles. The van der Waals surface area contributed by atoms with Gasteiger partial charge in [0.2, 0.25) is 0 Å². The van der Waals surface area contributed by atoms with Crippen LogP contribution < -0.4 is 10.9 Å². The molecule has 2 aromatic carbocycles. The Morgan fingerprint density at radius 2 is 1.74 bits per heavy atom. The number of nitro groups is 1. The molecule has 23 heavy (non-hydrogen) atoms. The Morgan fingerprint density at radius 1 is 1.09 bits per heavy atom. The predicted octanol–water partition coefficient (Wildman–Crippen LogP) is 2.58. The number of hydrogen-bond donors (Lipinski definition) is 2. The molecule has 8 heteroatoms. The van der Waals surface area contributed by atoms with Gasteiger partial charge >= 0.3 is 0 Å². The van der Waals surface area contributed by atoms with Crippen LogP contribution in [0.3, 0.4) is 0 Å². The second-order valence-electron chi connectivity index (χ2n) is 4.63. The molecule has 0 bridgehead atoms. The summed E-state index contributed by atoms with van der Waals surface area (Å²) in [6.45, 7) is 1.48. The monoisotopic (exact) mass is 425 g/mol. The van der Waals surface area contributed by atoms with Crippen LogP contribution in [-0.4, -0.2) is 16.7 Å². The van der Waals surface area contributed by atoms with Crippen LogP contribution in [0.25, 0.3) is 0 Å². The highest BCUT2D eigenvalue weighted by Crippen LogP contribution is 2.20. The summed E-state index contributed by atoms with van der Waals surface area (Å²) < 4.78 is 0.885. The fraction of sp³-hybridized carbons (Fsp3) is 0.0667. The zero-order valence-electron chi connectivity index (χ0n) is 12.0. The molecule has 2 rings (SSSR count). The lowest BCUT2D eigenvalue weighted by molar-refractivity contribution is -0.385. The lowest BCUT2D eigenvalue weighted by atomic mass is 10.1. The van der Waals surface area contributed by atoms with E-state index in [9.17, 15) is 19.7 Å². The summed E-state index contributed by atoms with van der Waals surface area (Å²) in [5, 5.41) is 10.9. The van der Waals surface area contributed by atoms with E-state index in [4.69, 9.17) is 0 Å². The molecule has 118 valence electrons. The molecule has 0 unspecified atom stereocenters. The topological polar surface area (TPSA) is 101 Å². The van der Waals surface area contributed by atoms with E-state index >= 15 is 0 Å². The number of amides is 2. The first-order valence-electron chi connectivity index (χ1n) is 6.50. The zero-order valence-corrected chi connectivity index (χ0v) is 14.2. The van der Waals surface area contributed by atoms with Crippen molar-refractivity contribution >= 4 is 40.1 Å². The first-order chi connectivity index (χ1) is 10.9. The number of nitro benzene ring substituents is 1. The van der Waals surface area contributed by atoms with Crippen LogP contribution in [0.4, 0.5) is 5.69 Å². The maximum absolute atomic E-state index is 12.1. The summed E-state index contributed by atoms with van der Waals surface area (Å²) in [6.07, 6.45) is 0. The summed E-state index contributed by atoms with van der Waals surface area (Å²) >= 11 is 2.07. The fourth-order valence-corrected chi connectivity index (χ4v) is 2.49. The van der Waals surface area contributed by atoms with Crippen molar-refractivity contribution in [2.24, 2.45) is 0 Å². The fourth-order valence-electron chi connectivity index (χ4n) is 1.95. The van der Waals surface area contributed by atoms with Crippen molar-refractivity contribution < 1.29 is 14.5 Å². The van der Waals surface area contributed by atoms with Gasteiger partial charge in [0.1, 0.15) is 0 Å². The Hall–Kier alpha value is -2.49. The van der Waals surface area contributed by atoms with E-state index in [0.717, 1.165) is 3.57 Å². The van der Waals surface area contributed by atoms with Gasteiger partial charge < -0.3 is 0 Å². The third-order valence-corrected chi connectivity index (χ3v) is 3.79. The van der Waals surface area contributed by atoms with Crippen LogP contribution in [0.5, 0.6) is 0 Å². The van der Waals surface area contributed by atoms with Gasteiger partial charge in [0.25, 0.3) is 17.5 Å². The van der Waals surface area contributed by atoms with E-state index in [2.05, 4.69) is 33.4 Å². The number of hydrazine groups is 1. The van der Waals surface area contributed by atoms with E-state index in [0.29, 0.717) is 5.56 Å². The molecule has 0 aliphatic carbocycles. The van der Waals surface area contributed by atoms with Crippen molar-refractivity contribution in [2.75, 3.05) is 0 Å². The molecule has 0 aliphatic rings. The summed E-state index contributed by atoms with van der Waals surface area (Å²) in [4.78, 5) is 34.4. The molecule has 0 aromatic heterocycles. The van der Waals surface area contributed by atoms with Gasteiger partial charge in [-0.05, 0) is 53.8 Å². The van der Waals surface area contributed by atoms with E-state index in [1.807, 2.05) is 6.07 Å². The maximum atomic E-state index is 12.1. The zero-order chi connectivity index (χ0) is 17.0. The number of nitrogens with one attached hydrogen (secondary N) is 2. The van der Waals surface area contributed by atoms with Crippen LogP contribution in [0, 0.1) is 20.6 Å². The number of halogens is 1. The van der Waals surface area contributed by atoms with Crippen LogP contribution >= 0.6 is 22.6 Å². The Bertz CT molecular complexity index is 792. The normalized spacial score (nSPS) is 10.0. The Labute approximate surface area is 145 Å². The van der Waals surface area contributed by atoms with E-state index in [-0.39, 0.29) is 16.8 Å². The third kappa shape index (κ3) is 4.03. The maximum Gasteiger partial charge on any atom is 0.273 e. The van der Waals surface area contributed by atoms with Crippen LogP contribution in [0.15, 0.2) is 42.5 Å². The quantitative estimate of drug-likeness (QED) is 0.449. The lowest BCUT2D eigenvalue weighted by Gasteiger charge is -2.09. The highest BCUT2D eigenvalue weighted by molar-refractivity contribution is 14.1. The highest BCUT2D eigenvalue weighted by atomic mass is 127. The minimum atomic E-state index is -0.620. The average molecular weight is 425 g/mol. The smallest absolute Gasteiger partial charge is 0.267 e. The molecule has 0 fully saturated rings. The molecular weight excluding hydrogens is 413 g/mol. The molecule has 2 N–H and O–H groups in total. The number of rotatable bonds is 3. The van der Waals surface area contributed by atoms with Gasteiger partial charge in [-0.25, -0.2) is 0 Å². The molecule has 2 aromatic rings. The van der Waals surface area contributed by atoms with Gasteiger partial charge in [-0.3, -0.25) is 30.6 Å². The second-order valence-corrected chi connectivity index (χ2v) is 5.87. The SMILES string of the molecule is Cc1c(C(=O)NNC(=O)c2cccc(I)c2)cccc1[N+](=O)[O-]. The predicted molar refractivity (Wildman–Crippen MR) is 91.9 cm³/mol. The molecule has 0 atom stereocenters. The third-order valence-electron chi connectivity index (χ3n) is 3.12. The largest absolute Gasteiger partial charge is 0.273 e. The number of hydrogen-bond acceptors (Lipinski definition) is 4. The van der Waals surface area contributed by atoms with E-state index < -0.39 is 16.7 Å². The average Bonchev–Trinajstić information content (AvgIpc) is 2.52. The summed E-state index contributed by atoms with van der Waals surface area (Å²) in [6, 6.07) is 11.0. The van der Waals surface area contributed by atoms with Gasteiger partial charge in [0, 0.05) is 20.8 Å². The standard InChI is InChI=1S/C15H12IN3O4/c1-9-12(6-3-7-13(9)19(22)23)15(21)18-17-14(20)10-4-2-5-11(16)8-10/h2-8H,1H3,(H,17,20)(H,18,21). The van der Waals surface area contributed by atoms with Crippen molar-refractivity contribution in [3.8, 4) is 0 Å². The van der Waals surface area contributed by atoms with Gasteiger partial charge in [0.05, 0.1) is 10.5 Å². The number of carbonyl (C=O) groups excluding carboxylic acids is 2. The molecule has 7 nitrogen and oxygen atoms in total. The van der Waals surface area contributed by atoms with E-state index in [1.54, 1.807) is 18.2 Å². The van der Waals surface area contributed by atoms with Crippen LogP contribution in [-0.2, 0) is 0 Å². The molecular formula is C15H12IN3O4. The molecule has 0 saturated heterocycles. The van der Waals surface area contributed by atoms with Crippen LogP contribution in [0.2, 0.25) is 0 Å². The van der Waals surface area contributed by atoms with Gasteiger partial charge in [0.15, 0.2) is 0 Å². The van der Waals surface area contributed by atoms with E-state index in [1.165, 1.54) is 25.1 Å². The minimum absolute atomic E-state index is 0.127. The molecule has 0 radical (unpaired) electrons. The van der Waals surface area contributed by atoms with Crippen molar-refractivity contribution in [1.29, 1.82) is 0 Å². The Balaban J connectivity index is 2.10. The first-order valence-corrected chi connectivity index (χ1v) is 7.58. The summed E-state index contributed by atoms with van der Waals surface area (Å²) in [7, 11) is 0.